The number of aromatic nitrogens is 1. The summed E-state index contributed by atoms with van der Waals surface area (Å²) in [5.74, 6) is 0.704. The van der Waals surface area contributed by atoms with Crippen LogP contribution in [0.25, 0.3) is 0 Å². The van der Waals surface area contributed by atoms with Crippen LogP contribution in [0, 0.1) is 0 Å². The third kappa shape index (κ3) is 2.74. The number of nitrogens with two attached hydrogens (primary N) is 1. The summed E-state index contributed by atoms with van der Waals surface area (Å²) in [6, 6.07) is 3.39. The Kier molecular flexibility index (Phi) is 3.14. The first-order valence-corrected chi connectivity index (χ1v) is 3.65. The highest BCUT2D eigenvalue weighted by molar-refractivity contribution is 6.29. The molecule has 1 rings (SSSR count). The summed E-state index contributed by atoms with van der Waals surface area (Å²) in [4.78, 5) is 3.80. The van der Waals surface area contributed by atoms with Crippen molar-refractivity contribution in [3.8, 4) is 5.75 Å². The molecule has 0 radical (unpaired) electrons. The van der Waals surface area contributed by atoms with E-state index >= 15 is 0 Å². The number of pyridine rings is 1. The van der Waals surface area contributed by atoms with E-state index in [0.29, 0.717) is 24.1 Å². The second-order valence-electron chi connectivity index (χ2n) is 1.95. The Labute approximate surface area is 70.1 Å². The number of ether oxygens (including phenoxy) is 1. The van der Waals surface area contributed by atoms with Crippen LogP contribution in [0.15, 0.2) is 18.3 Å². The van der Waals surface area contributed by atoms with Crippen LogP contribution in [-0.4, -0.2) is 18.1 Å². The van der Waals surface area contributed by atoms with E-state index in [2.05, 4.69) is 4.98 Å². The minimum atomic E-state index is 0.430. The molecule has 3 nitrogen and oxygen atoms in total. The van der Waals surface area contributed by atoms with Crippen LogP contribution in [0.3, 0.4) is 0 Å². The molecule has 0 saturated heterocycles. The van der Waals surface area contributed by atoms with E-state index in [1.807, 2.05) is 0 Å². The van der Waals surface area contributed by atoms with Crippen LogP contribution in [-0.2, 0) is 0 Å². The van der Waals surface area contributed by atoms with Crippen LogP contribution in [0.1, 0.15) is 0 Å². The van der Waals surface area contributed by atoms with Gasteiger partial charge in [-0.15, -0.1) is 0 Å². The molecule has 0 amide bonds. The molecule has 0 aromatic carbocycles. The first-order valence-electron chi connectivity index (χ1n) is 3.27. The van der Waals surface area contributed by atoms with Crippen LogP contribution >= 0.6 is 11.6 Å². The molecule has 0 atom stereocenters. The zero-order chi connectivity index (χ0) is 8.10. The maximum atomic E-state index is 5.60. The Bertz CT molecular complexity index is 229. The largest absolute Gasteiger partial charge is 0.492 e. The number of nitrogens with zero attached hydrogens (tertiary/aromatic N) is 1. The molecule has 11 heavy (non-hydrogen) atoms. The van der Waals surface area contributed by atoms with Gasteiger partial charge >= 0.3 is 0 Å². The second kappa shape index (κ2) is 4.16. The van der Waals surface area contributed by atoms with E-state index in [4.69, 9.17) is 22.1 Å². The van der Waals surface area contributed by atoms with Gasteiger partial charge in [-0.05, 0) is 6.07 Å². The topological polar surface area (TPSA) is 48.1 Å². The number of hydrogen-bond donors (Lipinski definition) is 1. The van der Waals surface area contributed by atoms with Gasteiger partial charge in [0.25, 0.3) is 0 Å². The van der Waals surface area contributed by atoms with E-state index < -0.39 is 0 Å². The van der Waals surface area contributed by atoms with Crippen molar-refractivity contribution in [3.05, 3.63) is 23.5 Å². The fourth-order valence-electron chi connectivity index (χ4n) is 0.651. The zero-order valence-corrected chi connectivity index (χ0v) is 6.71. The Morgan fingerprint density at radius 2 is 2.45 bits per heavy atom. The molecule has 0 bridgehead atoms. The van der Waals surface area contributed by atoms with Crippen LogP contribution in [0.5, 0.6) is 5.75 Å². The third-order valence-corrected chi connectivity index (χ3v) is 1.29. The van der Waals surface area contributed by atoms with Gasteiger partial charge in [-0.25, -0.2) is 4.98 Å². The molecule has 1 aromatic heterocycles. The fraction of sp³-hybridized carbons (Fsp3) is 0.286. The smallest absolute Gasteiger partial charge is 0.132 e. The van der Waals surface area contributed by atoms with Gasteiger partial charge in [-0.1, -0.05) is 11.6 Å². The highest BCUT2D eigenvalue weighted by Crippen LogP contribution is 2.13. The Hall–Kier alpha value is -0.800. The quantitative estimate of drug-likeness (QED) is 0.694. The lowest BCUT2D eigenvalue weighted by molar-refractivity contribution is 0.328. The van der Waals surface area contributed by atoms with E-state index in [-0.39, 0.29) is 0 Å². The minimum Gasteiger partial charge on any atom is -0.492 e. The van der Waals surface area contributed by atoms with Crippen LogP contribution in [0.4, 0.5) is 0 Å². The summed E-state index contributed by atoms with van der Waals surface area (Å²) in [5, 5.41) is 0.430. The molecule has 1 heterocycles. The Balaban J connectivity index is 2.56. The molecular formula is C7H9ClN2O. The average Bonchev–Trinajstić information content (AvgIpc) is 2.01. The molecule has 0 aliphatic carbocycles. The molecule has 0 unspecified atom stereocenters. The molecule has 0 aliphatic heterocycles. The van der Waals surface area contributed by atoms with Gasteiger partial charge in [-0.3, -0.25) is 0 Å². The molecule has 60 valence electrons. The summed E-state index contributed by atoms with van der Waals surface area (Å²) in [5.41, 5.74) is 5.24. The van der Waals surface area contributed by atoms with E-state index in [0.717, 1.165) is 0 Å². The standard InChI is InChI=1S/C7H9ClN2O/c8-7-5-6(1-3-10-7)11-4-2-9/h1,3,5H,2,4,9H2. The lowest BCUT2D eigenvalue weighted by atomic mass is 10.4. The lowest BCUT2D eigenvalue weighted by Gasteiger charge is -2.02. The van der Waals surface area contributed by atoms with Gasteiger partial charge < -0.3 is 10.5 Å². The van der Waals surface area contributed by atoms with Crippen molar-refractivity contribution in [1.82, 2.24) is 4.98 Å². The van der Waals surface area contributed by atoms with Crippen molar-refractivity contribution >= 4 is 11.6 Å². The molecule has 0 spiro atoms. The SMILES string of the molecule is NCCOc1ccnc(Cl)c1. The number of hydrogen-bond acceptors (Lipinski definition) is 3. The average molecular weight is 173 g/mol. The Morgan fingerprint density at radius 3 is 3.09 bits per heavy atom. The predicted octanol–water partition coefficient (Wildman–Crippen LogP) is 1.07. The zero-order valence-electron chi connectivity index (χ0n) is 5.96. The summed E-state index contributed by atoms with van der Waals surface area (Å²) in [7, 11) is 0. The highest BCUT2D eigenvalue weighted by Gasteiger charge is 1.93. The summed E-state index contributed by atoms with van der Waals surface area (Å²) in [6.07, 6.45) is 1.59. The summed E-state index contributed by atoms with van der Waals surface area (Å²) < 4.78 is 5.19. The van der Waals surface area contributed by atoms with Gasteiger partial charge in [0.2, 0.25) is 0 Å². The van der Waals surface area contributed by atoms with Gasteiger partial charge in [0, 0.05) is 18.8 Å². The molecule has 0 aliphatic rings. The summed E-state index contributed by atoms with van der Waals surface area (Å²) >= 11 is 5.60. The monoisotopic (exact) mass is 172 g/mol. The normalized spacial score (nSPS) is 9.64. The fourth-order valence-corrected chi connectivity index (χ4v) is 0.815. The minimum absolute atomic E-state index is 0.430. The van der Waals surface area contributed by atoms with Crippen molar-refractivity contribution in [3.63, 3.8) is 0 Å². The van der Waals surface area contributed by atoms with Gasteiger partial charge in [-0.2, -0.15) is 0 Å². The number of halogens is 1. The third-order valence-electron chi connectivity index (χ3n) is 1.08. The van der Waals surface area contributed by atoms with Crippen molar-refractivity contribution in [2.24, 2.45) is 5.73 Å². The molecular weight excluding hydrogens is 164 g/mol. The Morgan fingerprint density at radius 1 is 1.64 bits per heavy atom. The first-order chi connectivity index (χ1) is 5.33. The molecule has 0 saturated carbocycles. The van der Waals surface area contributed by atoms with Crippen LogP contribution in [0.2, 0.25) is 5.15 Å². The number of rotatable bonds is 3. The second-order valence-corrected chi connectivity index (χ2v) is 2.34. The molecule has 4 heteroatoms. The van der Waals surface area contributed by atoms with Crippen molar-refractivity contribution in [2.45, 2.75) is 0 Å². The lowest BCUT2D eigenvalue weighted by Crippen LogP contribution is -2.10. The van der Waals surface area contributed by atoms with Gasteiger partial charge in [0.1, 0.15) is 17.5 Å². The van der Waals surface area contributed by atoms with Gasteiger partial charge in [0.05, 0.1) is 0 Å². The van der Waals surface area contributed by atoms with E-state index in [1.54, 1.807) is 18.3 Å². The highest BCUT2D eigenvalue weighted by atomic mass is 35.5. The van der Waals surface area contributed by atoms with Gasteiger partial charge in [0.15, 0.2) is 0 Å². The molecule has 1 aromatic rings. The van der Waals surface area contributed by atoms with E-state index in [1.165, 1.54) is 0 Å². The van der Waals surface area contributed by atoms with Crippen molar-refractivity contribution in [1.29, 1.82) is 0 Å². The van der Waals surface area contributed by atoms with E-state index in [9.17, 15) is 0 Å². The molecule has 2 N–H and O–H groups in total. The predicted molar refractivity (Wildman–Crippen MR) is 43.8 cm³/mol. The maximum Gasteiger partial charge on any atom is 0.132 e. The first kappa shape index (κ1) is 8.30. The summed E-state index contributed by atoms with van der Waals surface area (Å²) in [6.45, 7) is 1.00. The van der Waals surface area contributed by atoms with Crippen molar-refractivity contribution in [2.75, 3.05) is 13.2 Å². The van der Waals surface area contributed by atoms with Crippen LogP contribution < -0.4 is 10.5 Å². The van der Waals surface area contributed by atoms with Crippen molar-refractivity contribution < 1.29 is 4.74 Å². The maximum absolute atomic E-state index is 5.60. The molecule has 0 fully saturated rings.